The molecule has 0 aliphatic carbocycles. The summed E-state index contributed by atoms with van der Waals surface area (Å²) in [4.78, 5) is 14.9. The molecule has 5 nitrogen and oxygen atoms in total. The molecule has 0 bridgehead atoms. The largest absolute Gasteiger partial charge is 0.378 e. The summed E-state index contributed by atoms with van der Waals surface area (Å²) in [5, 5.41) is 0. The first-order valence-electron chi connectivity index (χ1n) is 10.7. The third-order valence-electron chi connectivity index (χ3n) is 5.96. The van der Waals surface area contributed by atoms with Crippen molar-refractivity contribution in [3.8, 4) is 0 Å². The number of hydrogen-bond donors (Lipinski definition) is 0. The van der Waals surface area contributed by atoms with Gasteiger partial charge in [-0.25, -0.2) is 9.97 Å². The van der Waals surface area contributed by atoms with Crippen LogP contribution in [0.5, 0.6) is 0 Å². The topological polar surface area (TPSA) is 41.5 Å². The van der Waals surface area contributed by atoms with Crippen LogP contribution in [0.3, 0.4) is 0 Å². The van der Waals surface area contributed by atoms with E-state index in [-0.39, 0.29) is 5.41 Å². The highest BCUT2D eigenvalue weighted by atomic mass is 16.5. The first kappa shape index (κ1) is 20.5. The lowest BCUT2D eigenvalue weighted by Crippen LogP contribution is -2.43. The lowest BCUT2D eigenvalue weighted by molar-refractivity contribution is 0.159. The number of ether oxygens (including phenoxy) is 1. The molecule has 2 aliphatic heterocycles. The molecule has 3 heterocycles. The summed E-state index contributed by atoms with van der Waals surface area (Å²) in [6.07, 6.45) is 5.31. The highest BCUT2D eigenvalue weighted by Gasteiger charge is 2.26. The van der Waals surface area contributed by atoms with Crippen LogP contribution in [0.15, 0.2) is 6.07 Å². The SMILES string of the molecule is COCc1cc(N2CCCC(CN3CCC(C)CC3)C2)nc(C(C)(C)C)n1. The van der Waals surface area contributed by atoms with Gasteiger partial charge in [0.05, 0.1) is 12.3 Å². The summed E-state index contributed by atoms with van der Waals surface area (Å²) in [5.41, 5.74) is 0.928. The summed E-state index contributed by atoms with van der Waals surface area (Å²) < 4.78 is 5.35. The van der Waals surface area contributed by atoms with Crippen LogP contribution in [0.4, 0.5) is 5.82 Å². The van der Waals surface area contributed by atoms with Gasteiger partial charge in [0, 0.05) is 38.2 Å². The van der Waals surface area contributed by atoms with Crippen molar-refractivity contribution in [3.63, 3.8) is 0 Å². The Labute approximate surface area is 165 Å². The Hall–Kier alpha value is -1.20. The number of anilines is 1. The number of methoxy groups -OCH3 is 1. The van der Waals surface area contributed by atoms with Gasteiger partial charge in [-0.2, -0.15) is 0 Å². The molecule has 1 unspecified atom stereocenters. The summed E-state index contributed by atoms with van der Waals surface area (Å²) in [7, 11) is 1.73. The zero-order valence-corrected chi connectivity index (χ0v) is 18.0. The Balaban J connectivity index is 1.70. The molecular formula is C22H38N4O. The van der Waals surface area contributed by atoms with E-state index in [0.29, 0.717) is 6.61 Å². The van der Waals surface area contributed by atoms with Crippen LogP contribution in [-0.4, -0.2) is 54.7 Å². The first-order valence-corrected chi connectivity index (χ1v) is 10.7. The van der Waals surface area contributed by atoms with E-state index >= 15 is 0 Å². The number of piperidine rings is 2. The van der Waals surface area contributed by atoms with Crippen LogP contribution < -0.4 is 4.90 Å². The van der Waals surface area contributed by atoms with Crippen molar-refractivity contribution in [2.45, 2.75) is 65.4 Å². The number of likely N-dealkylation sites (tertiary alicyclic amines) is 1. The molecule has 5 heteroatoms. The quantitative estimate of drug-likeness (QED) is 0.783. The van der Waals surface area contributed by atoms with E-state index in [0.717, 1.165) is 42.3 Å². The van der Waals surface area contributed by atoms with Crippen molar-refractivity contribution in [1.82, 2.24) is 14.9 Å². The smallest absolute Gasteiger partial charge is 0.136 e. The lowest BCUT2D eigenvalue weighted by atomic mass is 9.94. The Morgan fingerprint density at radius 2 is 1.85 bits per heavy atom. The fourth-order valence-electron chi connectivity index (χ4n) is 4.23. The lowest BCUT2D eigenvalue weighted by Gasteiger charge is -2.38. The molecule has 0 aromatic carbocycles. The van der Waals surface area contributed by atoms with Gasteiger partial charge in [0.15, 0.2) is 0 Å². The molecule has 0 saturated carbocycles. The standard InChI is InChI=1S/C22H38N4O/c1-17-8-11-25(12-9-17)14-18-7-6-10-26(15-18)20-13-19(16-27-5)23-21(24-20)22(2,3)4/h13,17-18H,6-12,14-16H2,1-5H3. The molecule has 27 heavy (non-hydrogen) atoms. The number of hydrogen-bond acceptors (Lipinski definition) is 5. The van der Waals surface area contributed by atoms with E-state index in [9.17, 15) is 0 Å². The molecule has 3 rings (SSSR count). The molecule has 0 amide bonds. The zero-order valence-electron chi connectivity index (χ0n) is 18.0. The minimum Gasteiger partial charge on any atom is -0.378 e. The van der Waals surface area contributed by atoms with Gasteiger partial charge in [-0.3, -0.25) is 0 Å². The minimum atomic E-state index is -0.0574. The van der Waals surface area contributed by atoms with Gasteiger partial charge in [0.2, 0.25) is 0 Å². The molecule has 2 aliphatic rings. The summed E-state index contributed by atoms with van der Waals surface area (Å²) >= 11 is 0. The van der Waals surface area contributed by atoms with Gasteiger partial charge >= 0.3 is 0 Å². The second-order valence-electron chi connectivity index (χ2n) is 9.66. The van der Waals surface area contributed by atoms with Crippen molar-refractivity contribution in [2.75, 3.05) is 44.7 Å². The number of aromatic nitrogens is 2. The number of nitrogens with zero attached hydrogens (tertiary/aromatic N) is 4. The second-order valence-corrected chi connectivity index (χ2v) is 9.66. The summed E-state index contributed by atoms with van der Waals surface area (Å²) in [6, 6.07) is 2.13. The van der Waals surface area contributed by atoms with Crippen molar-refractivity contribution in [2.24, 2.45) is 11.8 Å². The van der Waals surface area contributed by atoms with Crippen LogP contribution in [0.1, 0.15) is 64.9 Å². The molecule has 0 radical (unpaired) electrons. The number of rotatable bonds is 5. The van der Waals surface area contributed by atoms with Crippen molar-refractivity contribution in [1.29, 1.82) is 0 Å². The average molecular weight is 375 g/mol. The summed E-state index contributed by atoms with van der Waals surface area (Å²) in [5.74, 6) is 3.64. The Bertz CT molecular complexity index is 605. The molecule has 1 atom stereocenters. The molecule has 1 aromatic rings. The van der Waals surface area contributed by atoms with Gasteiger partial charge in [-0.15, -0.1) is 0 Å². The fourth-order valence-corrected chi connectivity index (χ4v) is 4.23. The molecular weight excluding hydrogens is 336 g/mol. The van der Waals surface area contributed by atoms with E-state index < -0.39 is 0 Å². The summed E-state index contributed by atoms with van der Waals surface area (Å²) in [6.45, 7) is 15.5. The highest BCUT2D eigenvalue weighted by molar-refractivity contribution is 5.41. The predicted molar refractivity (Wildman–Crippen MR) is 111 cm³/mol. The third kappa shape index (κ3) is 5.64. The van der Waals surface area contributed by atoms with Crippen molar-refractivity contribution < 1.29 is 4.74 Å². The Morgan fingerprint density at radius 1 is 1.11 bits per heavy atom. The van der Waals surface area contributed by atoms with E-state index in [1.165, 1.54) is 45.3 Å². The van der Waals surface area contributed by atoms with Gasteiger partial charge < -0.3 is 14.5 Å². The first-order chi connectivity index (χ1) is 12.8. The second kappa shape index (κ2) is 8.87. The molecule has 0 N–H and O–H groups in total. The van der Waals surface area contributed by atoms with Gasteiger partial charge in [0.25, 0.3) is 0 Å². The molecule has 2 saturated heterocycles. The van der Waals surface area contributed by atoms with Crippen molar-refractivity contribution in [3.05, 3.63) is 17.6 Å². The van der Waals surface area contributed by atoms with E-state index in [2.05, 4.69) is 43.6 Å². The van der Waals surface area contributed by atoms with E-state index in [4.69, 9.17) is 14.7 Å². The van der Waals surface area contributed by atoms with Crippen LogP contribution >= 0.6 is 0 Å². The molecule has 1 aromatic heterocycles. The van der Waals surface area contributed by atoms with E-state index in [1.807, 2.05) is 0 Å². The monoisotopic (exact) mass is 374 g/mol. The molecule has 152 valence electrons. The molecule has 2 fully saturated rings. The van der Waals surface area contributed by atoms with Crippen LogP contribution in [0.2, 0.25) is 0 Å². The fraction of sp³-hybridized carbons (Fsp3) is 0.818. The van der Waals surface area contributed by atoms with Crippen molar-refractivity contribution >= 4 is 5.82 Å². The maximum absolute atomic E-state index is 5.35. The van der Waals surface area contributed by atoms with Gasteiger partial charge in [0.1, 0.15) is 11.6 Å². The maximum Gasteiger partial charge on any atom is 0.136 e. The predicted octanol–water partition coefficient (Wildman–Crippen LogP) is 3.87. The average Bonchev–Trinajstić information content (AvgIpc) is 2.63. The van der Waals surface area contributed by atoms with Crippen LogP contribution in [0.25, 0.3) is 0 Å². The maximum atomic E-state index is 5.35. The van der Waals surface area contributed by atoms with Gasteiger partial charge in [-0.1, -0.05) is 27.7 Å². The third-order valence-corrected chi connectivity index (χ3v) is 5.96. The minimum absolute atomic E-state index is 0.0574. The van der Waals surface area contributed by atoms with Gasteiger partial charge in [-0.05, 0) is 50.6 Å². The molecule has 0 spiro atoms. The normalized spacial score (nSPS) is 23.0. The Morgan fingerprint density at radius 3 is 2.52 bits per heavy atom. The van der Waals surface area contributed by atoms with Crippen LogP contribution in [0, 0.1) is 11.8 Å². The van der Waals surface area contributed by atoms with Crippen LogP contribution in [-0.2, 0) is 16.8 Å². The highest BCUT2D eigenvalue weighted by Crippen LogP contribution is 2.27. The zero-order chi connectivity index (χ0) is 19.4. The Kier molecular flexibility index (Phi) is 6.74. The van der Waals surface area contributed by atoms with E-state index in [1.54, 1.807) is 7.11 Å².